The Labute approximate surface area is 197 Å². The monoisotopic (exact) mass is 498 g/mol. The molecule has 0 saturated carbocycles. The van der Waals surface area contributed by atoms with Crippen molar-refractivity contribution >= 4 is 56.6 Å². The van der Waals surface area contributed by atoms with Gasteiger partial charge in [-0.3, -0.25) is 9.69 Å². The predicted molar refractivity (Wildman–Crippen MR) is 123 cm³/mol. The Balaban J connectivity index is 0.00000289. The molecule has 0 atom stereocenters. The number of benzene rings is 2. The molecule has 0 bridgehead atoms. The Morgan fingerprint density at radius 2 is 2.00 bits per heavy atom. The van der Waals surface area contributed by atoms with E-state index in [0.717, 1.165) is 17.4 Å². The van der Waals surface area contributed by atoms with Gasteiger partial charge in [0.25, 0.3) is 5.91 Å². The minimum absolute atomic E-state index is 0. The van der Waals surface area contributed by atoms with Crippen molar-refractivity contribution in [3.05, 3.63) is 71.8 Å². The van der Waals surface area contributed by atoms with Crippen LogP contribution >= 0.6 is 35.3 Å². The number of amides is 1. The smallest absolute Gasteiger partial charge is 0.266 e. The zero-order valence-corrected chi connectivity index (χ0v) is 19.0. The van der Waals surface area contributed by atoms with Gasteiger partial charge in [0, 0.05) is 36.6 Å². The lowest BCUT2D eigenvalue weighted by atomic mass is 10.3. The molecular weight excluding hydrogens is 481 g/mol. The number of carbonyl (C=O) groups is 1. The number of rotatable bonds is 8. The van der Waals surface area contributed by atoms with E-state index < -0.39 is 11.6 Å². The summed E-state index contributed by atoms with van der Waals surface area (Å²) in [5, 5.41) is 0.846. The lowest BCUT2D eigenvalue weighted by Crippen LogP contribution is -2.36. The highest BCUT2D eigenvalue weighted by Gasteiger charge is 2.21. The highest BCUT2D eigenvalue weighted by molar-refractivity contribution is 7.22. The van der Waals surface area contributed by atoms with E-state index in [0.29, 0.717) is 35.0 Å². The van der Waals surface area contributed by atoms with Crippen molar-refractivity contribution in [1.29, 1.82) is 0 Å². The van der Waals surface area contributed by atoms with Crippen LogP contribution in [0, 0.1) is 11.6 Å². The number of fused-ring (bicyclic) bond motifs is 1. The second-order valence-electron chi connectivity index (χ2n) is 6.67. The van der Waals surface area contributed by atoms with Crippen molar-refractivity contribution in [3.63, 3.8) is 0 Å². The van der Waals surface area contributed by atoms with Crippen molar-refractivity contribution in [2.75, 3.05) is 18.1 Å². The van der Waals surface area contributed by atoms with Crippen LogP contribution in [0.15, 0.2) is 55.1 Å². The van der Waals surface area contributed by atoms with Crippen LogP contribution in [0.3, 0.4) is 0 Å². The maximum atomic E-state index is 14.1. The van der Waals surface area contributed by atoms with Gasteiger partial charge < -0.3 is 9.30 Å². The molecule has 1 amide bonds. The third kappa shape index (κ3) is 5.73. The third-order valence-electron chi connectivity index (χ3n) is 4.47. The van der Waals surface area contributed by atoms with Crippen molar-refractivity contribution < 1.29 is 18.3 Å². The normalized spacial score (nSPS) is 10.7. The molecule has 168 valence electrons. The van der Waals surface area contributed by atoms with Gasteiger partial charge in [0.15, 0.2) is 17.6 Å². The zero-order chi connectivity index (χ0) is 21.8. The SMILES string of the molecule is Cl.O=C(COc1ccc(Cl)cc1)N(CCCn1ccnc1)c1nc2c(F)cc(F)cc2s1. The van der Waals surface area contributed by atoms with Crippen LogP contribution in [0.25, 0.3) is 10.2 Å². The summed E-state index contributed by atoms with van der Waals surface area (Å²) in [6, 6.07) is 8.63. The van der Waals surface area contributed by atoms with Crippen LogP contribution in [0.2, 0.25) is 5.02 Å². The number of aromatic nitrogens is 3. The molecule has 2 aromatic heterocycles. The number of ether oxygens (including phenoxy) is 1. The molecule has 4 rings (SSSR count). The maximum absolute atomic E-state index is 14.1. The van der Waals surface area contributed by atoms with Crippen molar-refractivity contribution in [3.8, 4) is 5.75 Å². The van der Waals surface area contributed by atoms with Gasteiger partial charge in [-0.05, 0) is 36.8 Å². The number of carbonyl (C=O) groups excluding carboxylic acids is 1. The molecule has 2 aromatic carbocycles. The highest BCUT2D eigenvalue weighted by atomic mass is 35.5. The highest BCUT2D eigenvalue weighted by Crippen LogP contribution is 2.31. The van der Waals surface area contributed by atoms with E-state index in [2.05, 4.69) is 9.97 Å². The summed E-state index contributed by atoms with van der Waals surface area (Å²) < 4.78 is 35.5. The van der Waals surface area contributed by atoms with E-state index in [1.165, 1.54) is 11.0 Å². The first kappa shape index (κ1) is 23.9. The molecule has 0 aliphatic heterocycles. The summed E-state index contributed by atoms with van der Waals surface area (Å²) >= 11 is 6.92. The number of aryl methyl sites for hydroxylation is 1. The summed E-state index contributed by atoms with van der Waals surface area (Å²) in [6.07, 6.45) is 5.79. The molecule has 0 spiro atoms. The fourth-order valence-corrected chi connectivity index (χ4v) is 4.15. The molecule has 4 aromatic rings. The van der Waals surface area contributed by atoms with Gasteiger partial charge >= 0.3 is 0 Å². The largest absolute Gasteiger partial charge is 0.484 e. The van der Waals surface area contributed by atoms with E-state index >= 15 is 0 Å². The van der Waals surface area contributed by atoms with Gasteiger partial charge in [0.2, 0.25) is 0 Å². The van der Waals surface area contributed by atoms with Crippen LogP contribution in [0.4, 0.5) is 13.9 Å². The Kier molecular flexibility index (Phi) is 8.00. The Morgan fingerprint density at radius 3 is 2.72 bits per heavy atom. The molecule has 2 heterocycles. The Morgan fingerprint density at radius 1 is 1.22 bits per heavy atom. The second kappa shape index (κ2) is 10.7. The van der Waals surface area contributed by atoms with E-state index in [1.807, 2.05) is 10.8 Å². The topological polar surface area (TPSA) is 60.2 Å². The van der Waals surface area contributed by atoms with E-state index in [-0.39, 0.29) is 35.6 Å². The number of anilines is 1. The molecule has 0 aliphatic rings. The average molecular weight is 499 g/mol. The number of imidazole rings is 1. The molecule has 0 saturated heterocycles. The van der Waals surface area contributed by atoms with Crippen molar-refractivity contribution in [1.82, 2.24) is 14.5 Å². The van der Waals surface area contributed by atoms with Gasteiger partial charge in [-0.15, -0.1) is 12.4 Å². The molecule has 0 unspecified atom stereocenters. The zero-order valence-electron chi connectivity index (χ0n) is 16.6. The first-order valence-electron chi connectivity index (χ1n) is 9.39. The summed E-state index contributed by atoms with van der Waals surface area (Å²) in [5.41, 5.74) is 0.0347. The quantitative estimate of drug-likeness (QED) is 0.328. The molecule has 0 aliphatic carbocycles. The minimum atomic E-state index is -0.763. The van der Waals surface area contributed by atoms with E-state index in [4.69, 9.17) is 16.3 Å². The standard InChI is InChI=1S/C21H17ClF2N4O2S.ClH/c22-14-2-4-16(5-3-14)30-12-19(29)28(8-1-7-27-9-6-25-13-27)21-26-20-17(24)10-15(23)11-18(20)31-21;/h2-6,9-11,13H,1,7-8,12H2;1H. The first-order valence-corrected chi connectivity index (χ1v) is 10.6. The van der Waals surface area contributed by atoms with Gasteiger partial charge in [0.05, 0.1) is 11.0 Å². The average Bonchev–Trinajstić information content (AvgIpc) is 3.40. The number of halogens is 4. The lowest BCUT2D eigenvalue weighted by molar-refractivity contribution is -0.120. The van der Waals surface area contributed by atoms with Crippen molar-refractivity contribution in [2.45, 2.75) is 13.0 Å². The number of hydrogen-bond acceptors (Lipinski definition) is 5. The minimum Gasteiger partial charge on any atom is -0.484 e. The fraction of sp³-hybridized carbons (Fsp3) is 0.190. The number of hydrogen-bond donors (Lipinski definition) is 0. The number of thiazole rings is 1. The fourth-order valence-electron chi connectivity index (χ4n) is 2.97. The van der Waals surface area contributed by atoms with Crippen LogP contribution in [0.1, 0.15) is 6.42 Å². The van der Waals surface area contributed by atoms with Gasteiger partial charge in [-0.1, -0.05) is 22.9 Å². The first-order chi connectivity index (χ1) is 15.0. The molecule has 0 N–H and O–H groups in total. The van der Waals surface area contributed by atoms with Gasteiger partial charge in [-0.2, -0.15) is 0 Å². The van der Waals surface area contributed by atoms with Gasteiger partial charge in [0.1, 0.15) is 17.1 Å². The van der Waals surface area contributed by atoms with Crippen LogP contribution in [-0.2, 0) is 11.3 Å². The van der Waals surface area contributed by atoms with E-state index in [9.17, 15) is 13.6 Å². The predicted octanol–water partition coefficient (Wildman–Crippen LogP) is 5.35. The molecular formula is C21H18Cl2F2N4O2S. The Hall–Kier alpha value is -2.75. The second-order valence-corrected chi connectivity index (χ2v) is 8.12. The summed E-state index contributed by atoms with van der Waals surface area (Å²) in [5.74, 6) is -1.31. The van der Waals surface area contributed by atoms with E-state index in [1.54, 1.807) is 36.8 Å². The molecule has 0 radical (unpaired) electrons. The van der Waals surface area contributed by atoms with Crippen LogP contribution in [0.5, 0.6) is 5.75 Å². The summed E-state index contributed by atoms with van der Waals surface area (Å²) in [6.45, 7) is 0.722. The maximum Gasteiger partial charge on any atom is 0.266 e. The van der Waals surface area contributed by atoms with Crippen molar-refractivity contribution in [2.24, 2.45) is 0 Å². The third-order valence-corrected chi connectivity index (χ3v) is 5.74. The number of nitrogens with zero attached hydrogens (tertiary/aromatic N) is 4. The molecule has 6 nitrogen and oxygen atoms in total. The summed E-state index contributed by atoms with van der Waals surface area (Å²) in [4.78, 5) is 22.6. The lowest BCUT2D eigenvalue weighted by Gasteiger charge is -2.20. The Bertz CT molecular complexity index is 1190. The molecule has 0 fully saturated rings. The van der Waals surface area contributed by atoms with Crippen LogP contribution < -0.4 is 9.64 Å². The molecule has 32 heavy (non-hydrogen) atoms. The summed E-state index contributed by atoms with van der Waals surface area (Å²) in [7, 11) is 0. The van der Waals surface area contributed by atoms with Gasteiger partial charge in [-0.25, -0.2) is 18.7 Å². The molecule has 11 heteroatoms. The van der Waals surface area contributed by atoms with Crippen LogP contribution in [-0.4, -0.2) is 33.6 Å².